The first-order chi connectivity index (χ1) is 7.34. The van der Waals surface area contributed by atoms with Crippen LogP contribution in [0.5, 0.6) is 0 Å². The van der Waals surface area contributed by atoms with Crippen LogP contribution in [0, 0.1) is 3.57 Å². The number of rotatable bonds is 2. The molecule has 15 heavy (non-hydrogen) atoms. The molecular weight excluding hydrogens is 299 g/mol. The Hall–Kier alpha value is -0.130. The molecule has 1 radical (unpaired) electrons. The zero-order valence-electron chi connectivity index (χ0n) is 8.82. The fourth-order valence-corrected chi connectivity index (χ4v) is 2.21. The minimum atomic E-state index is 1.00. The summed E-state index contributed by atoms with van der Waals surface area (Å²) in [5.74, 6) is 0. The minimum absolute atomic E-state index is 1.00. The highest BCUT2D eigenvalue weighted by Crippen LogP contribution is 2.10. The average Bonchev–Trinajstić information content (AvgIpc) is 2.50. The van der Waals surface area contributed by atoms with Crippen LogP contribution in [0.1, 0.15) is 12.0 Å². The van der Waals surface area contributed by atoms with Gasteiger partial charge in [-0.15, -0.1) is 0 Å². The molecule has 0 amide bonds. The van der Waals surface area contributed by atoms with Gasteiger partial charge in [-0.25, -0.2) is 5.32 Å². The van der Waals surface area contributed by atoms with E-state index in [1.54, 1.807) is 0 Å². The zero-order chi connectivity index (χ0) is 10.5. The van der Waals surface area contributed by atoms with Crippen LogP contribution in [0.2, 0.25) is 0 Å². The molecular formula is C12H16IN2. The van der Waals surface area contributed by atoms with Crippen LogP contribution in [0.15, 0.2) is 24.3 Å². The summed E-state index contributed by atoms with van der Waals surface area (Å²) in [5, 5.41) is 4.43. The lowest BCUT2D eigenvalue weighted by atomic mass is 10.2. The van der Waals surface area contributed by atoms with E-state index in [0.29, 0.717) is 0 Å². The Balaban J connectivity index is 1.92. The van der Waals surface area contributed by atoms with Crippen molar-refractivity contribution in [2.75, 3.05) is 26.2 Å². The largest absolute Gasteiger partial charge is 0.298 e. The normalized spacial score (nSPS) is 18.7. The molecule has 1 heterocycles. The number of benzene rings is 1. The summed E-state index contributed by atoms with van der Waals surface area (Å²) < 4.78 is 1.31. The first kappa shape index (κ1) is 11.4. The molecule has 1 aliphatic heterocycles. The Morgan fingerprint density at radius 3 is 2.73 bits per heavy atom. The van der Waals surface area contributed by atoms with Gasteiger partial charge in [0, 0.05) is 29.7 Å². The summed E-state index contributed by atoms with van der Waals surface area (Å²) in [5.41, 5.74) is 1.41. The van der Waals surface area contributed by atoms with Crippen molar-refractivity contribution < 1.29 is 0 Å². The molecule has 2 nitrogen and oxygen atoms in total. The lowest BCUT2D eigenvalue weighted by Crippen LogP contribution is -2.26. The number of nitrogens with zero attached hydrogens (tertiary/aromatic N) is 2. The predicted molar refractivity (Wildman–Crippen MR) is 70.9 cm³/mol. The van der Waals surface area contributed by atoms with E-state index in [1.807, 2.05) is 0 Å². The van der Waals surface area contributed by atoms with Crippen molar-refractivity contribution in [3.05, 3.63) is 33.4 Å². The highest BCUT2D eigenvalue weighted by atomic mass is 127. The molecule has 0 N–H and O–H groups in total. The van der Waals surface area contributed by atoms with E-state index in [9.17, 15) is 0 Å². The van der Waals surface area contributed by atoms with Crippen molar-refractivity contribution in [2.45, 2.75) is 13.0 Å². The molecule has 0 bridgehead atoms. The zero-order valence-corrected chi connectivity index (χ0v) is 11.0. The van der Waals surface area contributed by atoms with E-state index >= 15 is 0 Å². The molecule has 3 heteroatoms. The maximum Gasteiger partial charge on any atom is 0.0261 e. The third kappa shape index (κ3) is 3.74. The van der Waals surface area contributed by atoms with E-state index in [2.05, 4.69) is 57.1 Å². The van der Waals surface area contributed by atoms with Gasteiger partial charge in [0.1, 0.15) is 0 Å². The Labute approximate surface area is 105 Å². The molecule has 0 spiro atoms. The lowest BCUT2D eigenvalue weighted by Gasteiger charge is -2.19. The first-order valence-electron chi connectivity index (χ1n) is 5.45. The molecule has 0 atom stereocenters. The van der Waals surface area contributed by atoms with Crippen molar-refractivity contribution in [1.29, 1.82) is 0 Å². The third-order valence-electron chi connectivity index (χ3n) is 2.68. The van der Waals surface area contributed by atoms with E-state index < -0.39 is 0 Å². The number of hydrogen-bond donors (Lipinski definition) is 0. The van der Waals surface area contributed by atoms with E-state index in [0.717, 1.165) is 26.2 Å². The highest BCUT2D eigenvalue weighted by molar-refractivity contribution is 14.1. The second-order valence-electron chi connectivity index (χ2n) is 3.93. The molecule has 1 aromatic carbocycles. The van der Waals surface area contributed by atoms with Crippen molar-refractivity contribution in [3.8, 4) is 0 Å². The van der Waals surface area contributed by atoms with Crippen LogP contribution in [0.4, 0.5) is 0 Å². The average molecular weight is 315 g/mol. The van der Waals surface area contributed by atoms with E-state index in [1.165, 1.54) is 22.1 Å². The van der Waals surface area contributed by atoms with Crippen molar-refractivity contribution in [2.24, 2.45) is 0 Å². The van der Waals surface area contributed by atoms with Crippen molar-refractivity contribution in [1.82, 2.24) is 10.2 Å². The third-order valence-corrected chi connectivity index (χ3v) is 3.40. The number of halogens is 1. The summed E-state index contributed by atoms with van der Waals surface area (Å²) in [7, 11) is 0. The van der Waals surface area contributed by atoms with Gasteiger partial charge in [-0.1, -0.05) is 12.1 Å². The van der Waals surface area contributed by atoms with Gasteiger partial charge in [-0.2, -0.15) is 0 Å². The predicted octanol–water partition coefficient (Wildman–Crippen LogP) is 2.10. The second-order valence-corrected chi connectivity index (χ2v) is 5.17. The summed E-state index contributed by atoms with van der Waals surface area (Å²) in [6, 6.07) is 8.81. The Kier molecular flexibility index (Phi) is 4.41. The summed E-state index contributed by atoms with van der Waals surface area (Å²) in [6.45, 7) is 5.43. The van der Waals surface area contributed by atoms with Crippen LogP contribution in [0.3, 0.4) is 0 Å². The van der Waals surface area contributed by atoms with Gasteiger partial charge in [-0.3, -0.25) is 4.90 Å². The highest BCUT2D eigenvalue weighted by Gasteiger charge is 2.09. The lowest BCUT2D eigenvalue weighted by molar-refractivity contribution is 0.284. The molecule has 81 valence electrons. The Bertz CT molecular complexity index is 289. The SMILES string of the molecule is Ic1ccc(CN2CCC[N]CC2)cc1. The monoisotopic (exact) mass is 315 g/mol. The molecule has 0 unspecified atom stereocenters. The van der Waals surface area contributed by atoms with Crippen molar-refractivity contribution >= 4 is 22.6 Å². The van der Waals surface area contributed by atoms with Gasteiger partial charge in [0.2, 0.25) is 0 Å². The fourth-order valence-electron chi connectivity index (χ4n) is 1.85. The van der Waals surface area contributed by atoms with E-state index in [4.69, 9.17) is 0 Å². The molecule has 0 aromatic heterocycles. The topological polar surface area (TPSA) is 17.3 Å². The van der Waals surface area contributed by atoms with Crippen LogP contribution < -0.4 is 5.32 Å². The maximum atomic E-state index is 4.43. The molecule has 1 aliphatic rings. The summed E-state index contributed by atoms with van der Waals surface area (Å²) in [4.78, 5) is 2.50. The maximum absolute atomic E-state index is 4.43. The van der Waals surface area contributed by atoms with Crippen LogP contribution >= 0.6 is 22.6 Å². The van der Waals surface area contributed by atoms with Crippen LogP contribution in [0.25, 0.3) is 0 Å². The molecule has 1 fully saturated rings. The molecule has 0 saturated carbocycles. The number of hydrogen-bond acceptors (Lipinski definition) is 1. The van der Waals surface area contributed by atoms with Gasteiger partial charge in [0.05, 0.1) is 0 Å². The molecule has 1 aromatic rings. The molecule has 0 aliphatic carbocycles. The quantitative estimate of drug-likeness (QED) is 0.764. The van der Waals surface area contributed by atoms with E-state index in [-0.39, 0.29) is 0 Å². The van der Waals surface area contributed by atoms with Gasteiger partial charge < -0.3 is 0 Å². The molecule has 2 rings (SSSR count). The Morgan fingerprint density at radius 1 is 1.13 bits per heavy atom. The smallest absolute Gasteiger partial charge is 0.0261 e. The first-order valence-corrected chi connectivity index (χ1v) is 6.52. The van der Waals surface area contributed by atoms with Crippen LogP contribution in [-0.4, -0.2) is 31.1 Å². The van der Waals surface area contributed by atoms with Crippen LogP contribution in [-0.2, 0) is 6.54 Å². The summed E-state index contributed by atoms with van der Waals surface area (Å²) >= 11 is 2.34. The van der Waals surface area contributed by atoms with Gasteiger partial charge in [0.15, 0.2) is 0 Å². The van der Waals surface area contributed by atoms with Gasteiger partial charge >= 0.3 is 0 Å². The summed E-state index contributed by atoms with van der Waals surface area (Å²) in [6.07, 6.45) is 1.21. The second kappa shape index (κ2) is 5.82. The van der Waals surface area contributed by atoms with Crippen molar-refractivity contribution in [3.63, 3.8) is 0 Å². The fraction of sp³-hybridized carbons (Fsp3) is 0.500. The minimum Gasteiger partial charge on any atom is -0.298 e. The van der Waals surface area contributed by atoms with Gasteiger partial charge in [-0.05, 0) is 53.3 Å². The Morgan fingerprint density at radius 2 is 1.93 bits per heavy atom. The standard InChI is InChI=1S/C12H16IN2/c13-12-4-2-11(3-5-12)10-15-8-1-6-14-7-9-15/h2-5H,1,6-10H2. The van der Waals surface area contributed by atoms with Gasteiger partial charge in [0.25, 0.3) is 0 Å². The molecule has 1 saturated heterocycles.